The van der Waals surface area contributed by atoms with E-state index in [1.54, 1.807) is 25.3 Å². The van der Waals surface area contributed by atoms with E-state index in [2.05, 4.69) is 5.32 Å². The number of rotatable bonds is 4. The number of nitrogens with one attached hydrogen (secondary N) is 1. The van der Waals surface area contributed by atoms with Gasteiger partial charge in [0.05, 0.1) is 30.5 Å². The van der Waals surface area contributed by atoms with Crippen molar-refractivity contribution in [2.45, 2.75) is 25.9 Å². The zero-order chi connectivity index (χ0) is 13.8. The van der Waals surface area contributed by atoms with E-state index in [0.717, 1.165) is 12.8 Å². The molecule has 0 spiro atoms. The van der Waals surface area contributed by atoms with Gasteiger partial charge in [-0.1, -0.05) is 6.92 Å². The first-order valence-electron chi connectivity index (χ1n) is 6.51. The van der Waals surface area contributed by atoms with Crippen molar-refractivity contribution in [2.75, 3.05) is 24.8 Å². The summed E-state index contributed by atoms with van der Waals surface area (Å²) in [6.45, 7) is 2.67. The minimum Gasteiger partial charge on any atom is -0.497 e. The van der Waals surface area contributed by atoms with Crippen LogP contribution >= 0.6 is 0 Å². The smallest absolute Gasteiger partial charge is 0.230 e. The first kappa shape index (κ1) is 13.7. The Bertz CT molecular complexity index is 462. The molecule has 1 saturated heterocycles. The molecule has 0 bridgehead atoms. The summed E-state index contributed by atoms with van der Waals surface area (Å²) in [7, 11) is 1.58. The molecule has 19 heavy (non-hydrogen) atoms. The number of carbonyl (C=O) groups excluding carboxylic acids is 1. The summed E-state index contributed by atoms with van der Waals surface area (Å²) in [6, 6.07) is 5.22. The average Bonchev–Trinajstić information content (AvgIpc) is 2.89. The number of nitrogen functional groups attached to an aromatic ring is 1. The molecule has 0 radical (unpaired) electrons. The van der Waals surface area contributed by atoms with Gasteiger partial charge in [0.2, 0.25) is 5.91 Å². The minimum atomic E-state index is -0.0912. The molecule has 2 rings (SSSR count). The van der Waals surface area contributed by atoms with Gasteiger partial charge in [0.25, 0.3) is 0 Å². The number of hydrogen-bond acceptors (Lipinski definition) is 4. The number of anilines is 2. The Morgan fingerprint density at radius 2 is 2.37 bits per heavy atom. The Morgan fingerprint density at radius 1 is 1.58 bits per heavy atom. The Morgan fingerprint density at radius 3 is 3.00 bits per heavy atom. The summed E-state index contributed by atoms with van der Waals surface area (Å²) in [5.41, 5.74) is 7.00. The molecule has 0 aromatic heterocycles. The van der Waals surface area contributed by atoms with Gasteiger partial charge in [-0.3, -0.25) is 4.79 Å². The third-order valence-corrected chi connectivity index (χ3v) is 3.47. The summed E-state index contributed by atoms with van der Waals surface area (Å²) in [6.07, 6.45) is 1.62. The second kappa shape index (κ2) is 5.93. The van der Waals surface area contributed by atoms with Crippen LogP contribution in [0.4, 0.5) is 11.4 Å². The highest BCUT2D eigenvalue weighted by Crippen LogP contribution is 2.28. The number of amides is 1. The third-order valence-electron chi connectivity index (χ3n) is 3.47. The van der Waals surface area contributed by atoms with Crippen LogP contribution in [0.1, 0.15) is 19.8 Å². The van der Waals surface area contributed by atoms with Crippen molar-refractivity contribution in [3.63, 3.8) is 0 Å². The summed E-state index contributed by atoms with van der Waals surface area (Å²) in [4.78, 5) is 12.2. The Hall–Kier alpha value is -1.75. The fraction of sp³-hybridized carbons (Fsp3) is 0.500. The normalized spacial score (nSPS) is 22.2. The number of carbonyl (C=O) groups is 1. The van der Waals surface area contributed by atoms with Gasteiger partial charge in [0.1, 0.15) is 5.75 Å². The number of methoxy groups -OCH3 is 1. The summed E-state index contributed by atoms with van der Waals surface area (Å²) < 4.78 is 10.6. The van der Waals surface area contributed by atoms with Gasteiger partial charge < -0.3 is 20.5 Å². The van der Waals surface area contributed by atoms with Crippen molar-refractivity contribution < 1.29 is 14.3 Å². The molecular weight excluding hydrogens is 244 g/mol. The number of ether oxygens (including phenoxy) is 2. The SMILES string of the molecule is CCC1OCCC1C(=O)Nc1ccc(OC)cc1N. The minimum absolute atomic E-state index is 0.0134. The quantitative estimate of drug-likeness (QED) is 0.816. The molecule has 1 aliphatic rings. The second-order valence-corrected chi connectivity index (χ2v) is 4.66. The van der Waals surface area contributed by atoms with E-state index < -0.39 is 0 Å². The van der Waals surface area contributed by atoms with E-state index in [1.165, 1.54) is 0 Å². The predicted octanol–water partition coefficient (Wildman–Crippen LogP) is 2.03. The molecule has 5 nitrogen and oxygen atoms in total. The molecule has 1 aromatic rings. The van der Waals surface area contributed by atoms with Crippen molar-refractivity contribution in [1.82, 2.24) is 0 Å². The number of hydrogen-bond donors (Lipinski definition) is 2. The van der Waals surface area contributed by atoms with E-state index in [-0.39, 0.29) is 17.9 Å². The Labute approximate surface area is 113 Å². The average molecular weight is 264 g/mol. The standard InChI is InChI=1S/C14H20N2O3/c1-3-13-10(6-7-19-13)14(17)16-12-5-4-9(18-2)8-11(12)15/h4-5,8,10,13H,3,6-7,15H2,1-2H3,(H,16,17). The molecule has 2 atom stereocenters. The van der Waals surface area contributed by atoms with Gasteiger partial charge in [-0.15, -0.1) is 0 Å². The van der Waals surface area contributed by atoms with E-state index in [0.29, 0.717) is 23.7 Å². The maximum Gasteiger partial charge on any atom is 0.230 e. The Kier molecular flexibility index (Phi) is 4.27. The van der Waals surface area contributed by atoms with Crippen LogP contribution in [0.3, 0.4) is 0 Å². The lowest BCUT2D eigenvalue weighted by atomic mass is 9.98. The molecule has 0 aliphatic carbocycles. The summed E-state index contributed by atoms with van der Waals surface area (Å²) in [5, 5.41) is 2.87. The molecule has 2 unspecified atom stereocenters. The molecule has 1 heterocycles. The van der Waals surface area contributed by atoms with Crippen molar-refractivity contribution in [3.05, 3.63) is 18.2 Å². The third kappa shape index (κ3) is 2.98. The van der Waals surface area contributed by atoms with Crippen LogP contribution in [0.15, 0.2) is 18.2 Å². The van der Waals surface area contributed by atoms with E-state index >= 15 is 0 Å². The second-order valence-electron chi connectivity index (χ2n) is 4.66. The predicted molar refractivity (Wildman–Crippen MR) is 74.2 cm³/mol. The summed E-state index contributed by atoms with van der Waals surface area (Å²) >= 11 is 0. The lowest BCUT2D eigenvalue weighted by Crippen LogP contribution is -2.29. The molecule has 1 fully saturated rings. The van der Waals surface area contributed by atoms with Gasteiger partial charge in [-0.2, -0.15) is 0 Å². The molecule has 5 heteroatoms. The maximum atomic E-state index is 12.2. The van der Waals surface area contributed by atoms with Crippen LogP contribution < -0.4 is 15.8 Å². The van der Waals surface area contributed by atoms with Crippen molar-refractivity contribution >= 4 is 17.3 Å². The van der Waals surface area contributed by atoms with Gasteiger partial charge in [-0.05, 0) is 25.0 Å². The molecule has 3 N–H and O–H groups in total. The molecule has 1 aliphatic heterocycles. The van der Waals surface area contributed by atoms with Crippen molar-refractivity contribution in [2.24, 2.45) is 5.92 Å². The van der Waals surface area contributed by atoms with E-state index in [4.69, 9.17) is 15.2 Å². The molecule has 1 aromatic carbocycles. The zero-order valence-corrected chi connectivity index (χ0v) is 11.3. The van der Waals surface area contributed by atoms with Crippen molar-refractivity contribution in [3.8, 4) is 5.75 Å². The first-order valence-corrected chi connectivity index (χ1v) is 6.51. The van der Waals surface area contributed by atoms with Crippen LogP contribution in [-0.4, -0.2) is 25.7 Å². The zero-order valence-electron chi connectivity index (χ0n) is 11.3. The fourth-order valence-corrected chi connectivity index (χ4v) is 2.36. The first-order chi connectivity index (χ1) is 9.15. The summed E-state index contributed by atoms with van der Waals surface area (Å²) in [5.74, 6) is 0.554. The van der Waals surface area contributed by atoms with Gasteiger partial charge in [-0.25, -0.2) is 0 Å². The largest absolute Gasteiger partial charge is 0.497 e. The number of benzene rings is 1. The highest BCUT2D eigenvalue weighted by atomic mass is 16.5. The molecular formula is C14H20N2O3. The number of nitrogens with two attached hydrogens (primary N) is 1. The van der Waals surface area contributed by atoms with Gasteiger partial charge >= 0.3 is 0 Å². The highest BCUT2D eigenvalue weighted by Gasteiger charge is 2.32. The lowest BCUT2D eigenvalue weighted by molar-refractivity contribution is -0.121. The molecule has 104 valence electrons. The fourth-order valence-electron chi connectivity index (χ4n) is 2.36. The monoisotopic (exact) mass is 264 g/mol. The van der Waals surface area contributed by atoms with E-state index in [1.807, 2.05) is 6.92 Å². The van der Waals surface area contributed by atoms with Gasteiger partial charge in [0, 0.05) is 12.7 Å². The highest BCUT2D eigenvalue weighted by molar-refractivity contribution is 5.96. The Balaban J connectivity index is 2.06. The van der Waals surface area contributed by atoms with Gasteiger partial charge in [0.15, 0.2) is 0 Å². The maximum absolute atomic E-state index is 12.2. The van der Waals surface area contributed by atoms with E-state index in [9.17, 15) is 4.79 Å². The molecule has 0 saturated carbocycles. The van der Waals surface area contributed by atoms with Crippen molar-refractivity contribution in [1.29, 1.82) is 0 Å². The van der Waals surface area contributed by atoms with Crippen LogP contribution in [0.5, 0.6) is 5.75 Å². The lowest BCUT2D eigenvalue weighted by Gasteiger charge is -2.17. The molecule has 1 amide bonds. The van der Waals surface area contributed by atoms with Crippen LogP contribution in [0.2, 0.25) is 0 Å². The van der Waals surface area contributed by atoms with Crippen LogP contribution in [0.25, 0.3) is 0 Å². The van der Waals surface area contributed by atoms with Crippen LogP contribution in [-0.2, 0) is 9.53 Å². The topological polar surface area (TPSA) is 73.6 Å². The van der Waals surface area contributed by atoms with Crippen LogP contribution in [0, 0.1) is 5.92 Å².